The lowest BCUT2D eigenvalue weighted by atomic mass is 9.98. The summed E-state index contributed by atoms with van der Waals surface area (Å²) in [7, 11) is 1.74. The molecule has 0 aromatic carbocycles. The first-order chi connectivity index (χ1) is 9.28. The van der Waals surface area contributed by atoms with E-state index in [1.807, 2.05) is 13.0 Å². The van der Waals surface area contributed by atoms with E-state index in [0.29, 0.717) is 0 Å². The SMILES string of the molecule is COCCNCC1CCCN(Cc2cc(C)on2)C1. The second-order valence-electron chi connectivity index (χ2n) is 5.37. The molecule has 5 nitrogen and oxygen atoms in total. The third-order valence-corrected chi connectivity index (χ3v) is 3.58. The Morgan fingerprint density at radius 2 is 2.47 bits per heavy atom. The predicted octanol–water partition coefficient (Wildman–Crippen LogP) is 1.43. The molecule has 0 bridgehead atoms. The van der Waals surface area contributed by atoms with Crippen LogP contribution in [0.4, 0.5) is 0 Å². The number of nitrogens with zero attached hydrogens (tertiary/aromatic N) is 2. The van der Waals surface area contributed by atoms with Crippen molar-refractivity contribution in [1.82, 2.24) is 15.4 Å². The van der Waals surface area contributed by atoms with Gasteiger partial charge < -0.3 is 14.6 Å². The summed E-state index contributed by atoms with van der Waals surface area (Å²) in [6.45, 7) is 7.97. The molecule has 0 saturated carbocycles. The summed E-state index contributed by atoms with van der Waals surface area (Å²) < 4.78 is 10.2. The largest absolute Gasteiger partial charge is 0.383 e. The van der Waals surface area contributed by atoms with Gasteiger partial charge in [0, 0.05) is 32.8 Å². The number of nitrogens with one attached hydrogen (secondary N) is 1. The molecular formula is C14H25N3O2. The topological polar surface area (TPSA) is 50.5 Å². The molecule has 5 heteroatoms. The van der Waals surface area contributed by atoms with Gasteiger partial charge in [-0.3, -0.25) is 4.90 Å². The quantitative estimate of drug-likeness (QED) is 0.757. The van der Waals surface area contributed by atoms with Gasteiger partial charge in [-0.25, -0.2) is 0 Å². The van der Waals surface area contributed by atoms with Crippen molar-refractivity contribution in [1.29, 1.82) is 0 Å². The summed E-state index contributed by atoms with van der Waals surface area (Å²) in [5.74, 6) is 1.63. The molecule has 1 atom stereocenters. The van der Waals surface area contributed by atoms with Crippen LogP contribution in [0.2, 0.25) is 0 Å². The highest BCUT2D eigenvalue weighted by molar-refractivity contribution is 5.03. The van der Waals surface area contributed by atoms with Gasteiger partial charge in [-0.2, -0.15) is 0 Å². The maximum Gasteiger partial charge on any atom is 0.133 e. The van der Waals surface area contributed by atoms with Crippen molar-refractivity contribution in [2.75, 3.05) is 39.9 Å². The lowest BCUT2D eigenvalue weighted by Crippen LogP contribution is -2.39. The fraction of sp³-hybridized carbons (Fsp3) is 0.786. The van der Waals surface area contributed by atoms with Crippen molar-refractivity contribution in [2.45, 2.75) is 26.3 Å². The second kappa shape index (κ2) is 7.62. The van der Waals surface area contributed by atoms with E-state index in [2.05, 4.69) is 15.4 Å². The monoisotopic (exact) mass is 267 g/mol. The van der Waals surface area contributed by atoms with E-state index in [-0.39, 0.29) is 0 Å². The van der Waals surface area contributed by atoms with E-state index in [1.54, 1.807) is 7.11 Å². The zero-order valence-electron chi connectivity index (χ0n) is 12.0. The molecule has 1 aliphatic heterocycles. The Hall–Kier alpha value is -0.910. The van der Waals surface area contributed by atoms with E-state index < -0.39 is 0 Å². The van der Waals surface area contributed by atoms with Crippen LogP contribution >= 0.6 is 0 Å². The minimum Gasteiger partial charge on any atom is -0.383 e. The van der Waals surface area contributed by atoms with Gasteiger partial charge in [0.25, 0.3) is 0 Å². The average Bonchev–Trinajstić information content (AvgIpc) is 2.81. The third kappa shape index (κ3) is 4.93. The molecule has 108 valence electrons. The number of aromatic nitrogens is 1. The second-order valence-corrected chi connectivity index (χ2v) is 5.37. The molecule has 1 aromatic heterocycles. The van der Waals surface area contributed by atoms with E-state index in [4.69, 9.17) is 9.26 Å². The molecule has 0 aliphatic carbocycles. The third-order valence-electron chi connectivity index (χ3n) is 3.58. The summed E-state index contributed by atoms with van der Waals surface area (Å²) in [5.41, 5.74) is 1.05. The fourth-order valence-corrected chi connectivity index (χ4v) is 2.66. The number of ether oxygens (including phenoxy) is 1. The molecule has 1 saturated heterocycles. The van der Waals surface area contributed by atoms with Crippen molar-refractivity contribution in [3.05, 3.63) is 17.5 Å². The molecule has 2 rings (SSSR count). The maximum atomic E-state index is 5.12. The molecular weight excluding hydrogens is 242 g/mol. The first-order valence-corrected chi connectivity index (χ1v) is 7.12. The molecule has 2 heterocycles. The first kappa shape index (κ1) is 14.5. The van der Waals surface area contributed by atoms with Crippen LogP contribution in [-0.2, 0) is 11.3 Å². The highest BCUT2D eigenvalue weighted by Crippen LogP contribution is 2.18. The molecule has 1 aromatic rings. The molecule has 0 radical (unpaired) electrons. The molecule has 0 amide bonds. The number of piperidine rings is 1. The van der Waals surface area contributed by atoms with Crippen molar-refractivity contribution in [3.8, 4) is 0 Å². The zero-order chi connectivity index (χ0) is 13.5. The fourth-order valence-electron chi connectivity index (χ4n) is 2.66. The van der Waals surface area contributed by atoms with Crippen molar-refractivity contribution in [2.24, 2.45) is 5.92 Å². The Morgan fingerprint density at radius 1 is 1.58 bits per heavy atom. The van der Waals surface area contributed by atoms with Gasteiger partial charge in [0.1, 0.15) is 5.76 Å². The average molecular weight is 267 g/mol. The van der Waals surface area contributed by atoms with Gasteiger partial charge in [0.05, 0.1) is 12.3 Å². The van der Waals surface area contributed by atoms with E-state index in [1.165, 1.54) is 19.4 Å². The Balaban J connectivity index is 1.71. The van der Waals surface area contributed by atoms with Crippen LogP contribution in [0.15, 0.2) is 10.6 Å². The van der Waals surface area contributed by atoms with Crippen LogP contribution in [0.3, 0.4) is 0 Å². The highest BCUT2D eigenvalue weighted by atomic mass is 16.5. The Bertz CT molecular complexity index is 367. The molecule has 0 spiro atoms. The van der Waals surface area contributed by atoms with Gasteiger partial charge in [-0.1, -0.05) is 5.16 Å². The minimum atomic E-state index is 0.735. The Labute approximate surface area is 115 Å². The molecule has 19 heavy (non-hydrogen) atoms. The van der Waals surface area contributed by atoms with Crippen LogP contribution in [0.25, 0.3) is 0 Å². The molecule has 1 unspecified atom stereocenters. The zero-order valence-corrected chi connectivity index (χ0v) is 12.0. The van der Waals surface area contributed by atoms with Gasteiger partial charge in [0.15, 0.2) is 0 Å². The normalized spacial score (nSPS) is 20.8. The number of hydrogen-bond donors (Lipinski definition) is 1. The van der Waals surface area contributed by atoms with E-state index in [0.717, 1.165) is 50.2 Å². The number of aryl methyl sites for hydroxylation is 1. The number of rotatable bonds is 7. The van der Waals surface area contributed by atoms with Crippen molar-refractivity contribution < 1.29 is 9.26 Å². The number of likely N-dealkylation sites (tertiary alicyclic amines) is 1. The Kier molecular flexibility index (Phi) is 5.82. The maximum absolute atomic E-state index is 5.12. The van der Waals surface area contributed by atoms with Crippen LogP contribution in [0.1, 0.15) is 24.3 Å². The van der Waals surface area contributed by atoms with Gasteiger partial charge in [-0.05, 0) is 38.8 Å². The molecule has 1 aliphatic rings. The summed E-state index contributed by atoms with van der Waals surface area (Å²) in [6, 6.07) is 2.03. The lowest BCUT2D eigenvalue weighted by Gasteiger charge is -2.32. The first-order valence-electron chi connectivity index (χ1n) is 7.12. The number of methoxy groups -OCH3 is 1. The van der Waals surface area contributed by atoms with Crippen LogP contribution in [-0.4, -0.2) is 50.0 Å². The predicted molar refractivity (Wildman–Crippen MR) is 74.0 cm³/mol. The van der Waals surface area contributed by atoms with Gasteiger partial charge in [-0.15, -0.1) is 0 Å². The van der Waals surface area contributed by atoms with Crippen LogP contribution < -0.4 is 5.32 Å². The lowest BCUT2D eigenvalue weighted by molar-refractivity contribution is 0.156. The molecule has 1 N–H and O–H groups in total. The number of hydrogen-bond acceptors (Lipinski definition) is 5. The highest BCUT2D eigenvalue weighted by Gasteiger charge is 2.20. The van der Waals surface area contributed by atoms with Crippen molar-refractivity contribution in [3.63, 3.8) is 0 Å². The summed E-state index contributed by atoms with van der Waals surface area (Å²) in [4.78, 5) is 2.48. The van der Waals surface area contributed by atoms with Gasteiger partial charge in [0.2, 0.25) is 0 Å². The Morgan fingerprint density at radius 3 is 3.21 bits per heavy atom. The van der Waals surface area contributed by atoms with E-state index in [9.17, 15) is 0 Å². The standard InChI is InChI=1S/C14H25N3O2/c1-12-8-14(16-19-12)11-17-6-3-4-13(10-17)9-15-5-7-18-2/h8,13,15H,3-7,9-11H2,1-2H3. The summed E-state index contributed by atoms with van der Waals surface area (Å²) >= 11 is 0. The summed E-state index contributed by atoms with van der Waals surface area (Å²) in [6.07, 6.45) is 2.59. The van der Waals surface area contributed by atoms with Gasteiger partial charge >= 0.3 is 0 Å². The van der Waals surface area contributed by atoms with Crippen LogP contribution in [0, 0.1) is 12.8 Å². The summed E-state index contributed by atoms with van der Waals surface area (Å²) in [5, 5.41) is 7.53. The molecule has 1 fully saturated rings. The minimum absolute atomic E-state index is 0.735. The van der Waals surface area contributed by atoms with Crippen molar-refractivity contribution >= 4 is 0 Å². The van der Waals surface area contributed by atoms with Crippen LogP contribution in [0.5, 0.6) is 0 Å². The van der Waals surface area contributed by atoms with E-state index >= 15 is 0 Å². The smallest absolute Gasteiger partial charge is 0.133 e.